The van der Waals surface area contributed by atoms with Crippen molar-refractivity contribution in [2.45, 2.75) is 29.8 Å². The Morgan fingerprint density at radius 3 is 2.30 bits per heavy atom. The molecule has 0 saturated carbocycles. The summed E-state index contributed by atoms with van der Waals surface area (Å²) in [4.78, 5) is 21.2. The third-order valence-electron chi connectivity index (χ3n) is 3.84. The lowest BCUT2D eigenvalue weighted by Gasteiger charge is -2.33. The zero-order valence-electron chi connectivity index (χ0n) is 12.7. The Morgan fingerprint density at radius 1 is 1.15 bits per heavy atom. The van der Waals surface area contributed by atoms with Crippen LogP contribution in [-0.4, -0.2) is 47.5 Å². The Balaban J connectivity index is 1.83. The number of nitro groups is 1. The van der Waals surface area contributed by atoms with Gasteiger partial charge in [-0.15, -0.1) is 0 Å². The lowest BCUT2D eigenvalue weighted by Crippen LogP contribution is -2.64. The van der Waals surface area contributed by atoms with Crippen LogP contribution in [0.3, 0.4) is 0 Å². The van der Waals surface area contributed by atoms with Crippen LogP contribution in [0.1, 0.15) is 0 Å². The van der Waals surface area contributed by atoms with E-state index < -0.39 is 59.0 Å². The summed E-state index contributed by atoms with van der Waals surface area (Å²) in [5.74, 6) is -10.7. The summed E-state index contributed by atoms with van der Waals surface area (Å²) in [5.41, 5.74) is -5.29. The zero-order chi connectivity index (χ0) is 20.3. The minimum atomic E-state index is -5.33. The zero-order valence-corrected chi connectivity index (χ0v) is 12.7. The average molecular weight is 403 g/mol. The number of benzene rings is 1. The Hall–Kier alpha value is -2.61. The molecular formula is C13H7F6NO7. The molecule has 2 saturated heterocycles. The van der Waals surface area contributed by atoms with Crippen LogP contribution in [0.2, 0.25) is 0 Å². The highest BCUT2D eigenvalue weighted by molar-refractivity contribution is 5.65. The molecule has 8 nitrogen and oxygen atoms in total. The Labute approximate surface area is 144 Å². The number of fused-ring (bicyclic) bond motifs is 1. The second-order valence-electron chi connectivity index (χ2n) is 5.49. The summed E-state index contributed by atoms with van der Waals surface area (Å²) in [6.45, 7) is -1.79. The maximum atomic E-state index is 14.6. The van der Waals surface area contributed by atoms with E-state index in [0.29, 0.717) is 0 Å². The Kier molecular flexibility index (Phi) is 4.04. The van der Waals surface area contributed by atoms with E-state index in [1.165, 1.54) is 0 Å². The third-order valence-corrected chi connectivity index (χ3v) is 3.84. The van der Waals surface area contributed by atoms with Crippen molar-refractivity contribution in [1.82, 2.24) is 0 Å². The molecule has 2 aliphatic rings. The van der Waals surface area contributed by atoms with Crippen molar-refractivity contribution in [2.24, 2.45) is 0 Å². The second kappa shape index (κ2) is 5.69. The monoisotopic (exact) mass is 403 g/mol. The van der Waals surface area contributed by atoms with Gasteiger partial charge in [0.25, 0.3) is 5.69 Å². The molecule has 2 aliphatic heterocycles. The van der Waals surface area contributed by atoms with Gasteiger partial charge in [-0.1, -0.05) is 0 Å². The topological polar surface area (TPSA) is 97.1 Å². The van der Waals surface area contributed by atoms with E-state index in [0.717, 1.165) is 24.3 Å². The quantitative estimate of drug-likeness (QED) is 0.252. The minimum absolute atomic E-state index is 0.443. The van der Waals surface area contributed by atoms with E-state index in [-0.39, 0.29) is 0 Å². The maximum Gasteiger partial charge on any atom is 0.517 e. The predicted octanol–water partition coefficient (Wildman–Crippen LogP) is 3.10. The molecule has 0 N–H and O–H groups in total. The molecular weight excluding hydrogens is 396 g/mol. The van der Waals surface area contributed by atoms with E-state index in [9.17, 15) is 41.3 Å². The van der Waals surface area contributed by atoms with Gasteiger partial charge in [0.2, 0.25) is 6.29 Å². The molecule has 1 aromatic rings. The summed E-state index contributed by atoms with van der Waals surface area (Å²) in [6.07, 6.45) is -10.7. The molecule has 0 bridgehead atoms. The molecule has 0 spiro atoms. The van der Waals surface area contributed by atoms with Gasteiger partial charge in [0.1, 0.15) is 12.4 Å². The van der Waals surface area contributed by atoms with Gasteiger partial charge in [0.15, 0.2) is 0 Å². The van der Waals surface area contributed by atoms with Crippen LogP contribution in [-0.2, 0) is 14.2 Å². The molecule has 27 heavy (non-hydrogen) atoms. The number of ether oxygens (including phenoxy) is 4. The van der Waals surface area contributed by atoms with Gasteiger partial charge in [0, 0.05) is 12.1 Å². The number of nitro benzene ring substituents is 1. The lowest BCUT2D eigenvalue weighted by atomic mass is 9.92. The van der Waals surface area contributed by atoms with Gasteiger partial charge in [-0.2, -0.15) is 22.0 Å². The van der Waals surface area contributed by atoms with Crippen LogP contribution in [0.4, 0.5) is 36.8 Å². The van der Waals surface area contributed by atoms with Gasteiger partial charge in [0.05, 0.1) is 4.92 Å². The largest absolute Gasteiger partial charge is 0.517 e. The standard InChI is InChI=1S/C13H7F6NO7/c14-10(15)5-24-8-11(10,16)12(17,13(18,19)26-8)27-9(21)25-7-3-1-6(2-4-7)20(22)23/h1-4,8H,5H2/t8-,11-,12+/m1/s1. The maximum absolute atomic E-state index is 14.6. The highest BCUT2D eigenvalue weighted by atomic mass is 19.3. The molecule has 0 radical (unpaired) electrons. The fourth-order valence-electron chi connectivity index (χ4n) is 2.50. The van der Waals surface area contributed by atoms with Gasteiger partial charge in [-0.25, -0.2) is 9.18 Å². The number of halogens is 6. The summed E-state index contributed by atoms with van der Waals surface area (Å²) < 4.78 is 99.3. The van der Waals surface area contributed by atoms with Crippen molar-refractivity contribution in [1.29, 1.82) is 0 Å². The molecule has 3 rings (SSSR count). The van der Waals surface area contributed by atoms with Gasteiger partial charge >= 0.3 is 29.7 Å². The van der Waals surface area contributed by atoms with Crippen LogP contribution >= 0.6 is 0 Å². The first-order valence-corrected chi connectivity index (χ1v) is 6.92. The molecule has 3 atom stereocenters. The predicted molar refractivity (Wildman–Crippen MR) is 68.6 cm³/mol. The van der Waals surface area contributed by atoms with E-state index in [2.05, 4.69) is 18.9 Å². The summed E-state index contributed by atoms with van der Waals surface area (Å²) in [6, 6.07) is 3.25. The SMILES string of the molecule is O=C(Oc1ccc([N+](=O)[O-])cc1)O[C@]1(F)C(F)(F)O[C@H]2OCC(F)(F)[C@]21F. The molecule has 1 aromatic carbocycles. The number of rotatable bonds is 3. The molecule has 0 aromatic heterocycles. The molecule has 0 aliphatic carbocycles. The number of hydrogen-bond donors (Lipinski definition) is 0. The van der Waals surface area contributed by atoms with E-state index in [1.54, 1.807) is 0 Å². The molecule has 2 heterocycles. The van der Waals surface area contributed by atoms with Gasteiger partial charge in [-0.3, -0.25) is 14.9 Å². The van der Waals surface area contributed by atoms with Crippen LogP contribution in [0.15, 0.2) is 24.3 Å². The molecule has 2 fully saturated rings. The molecule has 148 valence electrons. The van der Waals surface area contributed by atoms with Crippen LogP contribution < -0.4 is 4.74 Å². The number of hydrogen-bond acceptors (Lipinski definition) is 7. The summed E-state index contributed by atoms with van der Waals surface area (Å²) in [5, 5.41) is 10.5. The number of carbonyl (C=O) groups excluding carboxylic acids is 1. The first-order valence-electron chi connectivity index (χ1n) is 6.92. The summed E-state index contributed by atoms with van der Waals surface area (Å²) >= 11 is 0. The number of carbonyl (C=O) groups is 1. The van der Waals surface area contributed by atoms with Crippen molar-refractivity contribution in [3.8, 4) is 5.75 Å². The third kappa shape index (κ3) is 2.58. The first-order chi connectivity index (χ1) is 12.3. The molecule has 0 unspecified atom stereocenters. The smallest absolute Gasteiger partial charge is 0.395 e. The number of non-ortho nitro benzene ring substituents is 1. The highest BCUT2D eigenvalue weighted by Crippen LogP contribution is 2.62. The van der Waals surface area contributed by atoms with Crippen molar-refractivity contribution in [2.75, 3.05) is 6.61 Å². The summed E-state index contributed by atoms with van der Waals surface area (Å²) in [7, 11) is 0. The van der Waals surface area contributed by atoms with Crippen molar-refractivity contribution in [3.63, 3.8) is 0 Å². The van der Waals surface area contributed by atoms with E-state index in [4.69, 9.17) is 0 Å². The highest BCUT2D eigenvalue weighted by Gasteiger charge is 2.93. The van der Waals surface area contributed by atoms with Crippen LogP contribution in [0.5, 0.6) is 5.75 Å². The number of alkyl halides is 6. The van der Waals surface area contributed by atoms with E-state index >= 15 is 0 Å². The lowest BCUT2D eigenvalue weighted by molar-refractivity contribution is -0.384. The van der Waals surface area contributed by atoms with E-state index in [1.807, 2.05) is 0 Å². The minimum Gasteiger partial charge on any atom is -0.395 e. The van der Waals surface area contributed by atoms with Crippen LogP contribution in [0, 0.1) is 10.1 Å². The fourth-order valence-corrected chi connectivity index (χ4v) is 2.50. The van der Waals surface area contributed by atoms with Gasteiger partial charge < -0.3 is 14.2 Å². The Morgan fingerprint density at radius 2 is 1.74 bits per heavy atom. The average Bonchev–Trinajstić information content (AvgIpc) is 2.87. The second-order valence-corrected chi connectivity index (χ2v) is 5.49. The van der Waals surface area contributed by atoms with Crippen LogP contribution in [0.25, 0.3) is 0 Å². The molecule has 14 heteroatoms. The van der Waals surface area contributed by atoms with Crippen molar-refractivity contribution >= 4 is 11.8 Å². The normalized spacial score (nSPS) is 33.3. The van der Waals surface area contributed by atoms with Crippen molar-refractivity contribution < 1.29 is 55.0 Å². The fraction of sp³-hybridized carbons (Fsp3) is 0.462. The first kappa shape index (κ1) is 19.2. The van der Waals surface area contributed by atoms with Crippen molar-refractivity contribution in [3.05, 3.63) is 34.4 Å². The Bertz CT molecular complexity index is 790. The number of nitrogens with zero attached hydrogens (tertiary/aromatic N) is 1. The van der Waals surface area contributed by atoms with Gasteiger partial charge in [-0.05, 0) is 12.1 Å². The molecule has 0 amide bonds.